The van der Waals surface area contributed by atoms with Crippen LogP contribution in [0, 0.1) is 0 Å². The van der Waals surface area contributed by atoms with Crippen LogP contribution in [-0.4, -0.2) is 49.0 Å². The van der Waals surface area contributed by atoms with Crippen LogP contribution in [-0.2, 0) is 6.54 Å². The van der Waals surface area contributed by atoms with Crippen molar-refractivity contribution in [2.45, 2.75) is 13.0 Å². The van der Waals surface area contributed by atoms with Crippen molar-refractivity contribution in [3.05, 3.63) is 84.1 Å². The molecule has 6 nitrogen and oxygen atoms in total. The molecule has 1 N–H and O–H groups in total. The molecule has 0 radical (unpaired) electrons. The van der Waals surface area contributed by atoms with Crippen molar-refractivity contribution in [2.75, 3.05) is 38.1 Å². The molecule has 1 aliphatic rings. The largest absolute Gasteiger partial charge is 0.457 e. The lowest BCUT2D eigenvalue weighted by Gasteiger charge is -2.21. The Hall–Kier alpha value is -3.38. The van der Waals surface area contributed by atoms with Crippen molar-refractivity contribution in [1.82, 2.24) is 15.2 Å². The normalized spacial score (nSPS) is 14.7. The second-order valence-electron chi connectivity index (χ2n) is 7.79. The minimum absolute atomic E-state index is 0.120. The highest BCUT2D eigenvalue weighted by molar-refractivity contribution is 5.94. The minimum Gasteiger partial charge on any atom is -0.457 e. The summed E-state index contributed by atoms with van der Waals surface area (Å²) < 4.78 is 5.77. The number of carbonyl (C=O) groups excluding carboxylic acids is 1. The number of carbonyl (C=O) groups is 1. The average molecular weight is 417 g/mol. The van der Waals surface area contributed by atoms with Crippen LogP contribution in [0.15, 0.2) is 72.9 Å². The van der Waals surface area contributed by atoms with E-state index in [-0.39, 0.29) is 5.91 Å². The fourth-order valence-corrected chi connectivity index (χ4v) is 3.57. The summed E-state index contributed by atoms with van der Waals surface area (Å²) in [7, 11) is 2.16. The predicted octanol–water partition coefficient (Wildman–Crippen LogP) is 3.95. The lowest BCUT2D eigenvalue weighted by Crippen LogP contribution is -2.29. The van der Waals surface area contributed by atoms with E-state index in [9.17, 15) is 4.79 Å². The van der Waals surface area contributed by atoms with Crippen molar-refractivity contribution in [1.29, 1.82) is 0 Å². The fourth-order valence-electron chi connectivity index (χ4n) is 3.57. The Balaban J connectivity index is 1.29. The Morgan fingerprint density at radius 2 is 1.71 bits per heavy atom. The van der Waals surface area contributed by atoms with Gasteiger partial charge in [-0.05, 0) is 68.0 Å². The monoisotopic (exact) mass is 416 g/mol. The van der Waals surface area contributed by atoms with E-state index in [1.807, 2.05) is 48.7 Å². The van der Waals surface area contributed by atoms with Crippen molar-refractivity contribution in [2.24, 2.45) is 0 Å². The van der Waals surface area contributed by atoms with Gasteiger partial charge in [0, 0.05) is 37.9 Å². The average Bonchev–Trinajstić information content (AvgIpc) is 3.03. The van der Waals surface area contributed by atoms with E-state index in [1.54, 1.807) is 24.3 Å². The predicted molar refractivity (Wildman–Crippen MR) is 123 cm³/mol. The Bertz CT molecular complexity index is 975. The molecule has 0 saturated carbocycles. The molecule has 6 heteroatoms. The van der Waals surface area contributed by atoms with Crippen molar-refractivity contribution in [3.8, 4) is 11.5 Å². The molecule has 0 aliphatic carbocycles. The molecule has 0 bridgehead atoms. The van der Waals surface area contributed by atoms with Crippen LogP contribution < -0.4 is 15.0 Å². The molecule has 3 aromatic rings. The number of anilines is 1. The number of rotatable bonds is 6. The summed E-state index contributed by atoms with van der Waals surface area (Å²) in [4.78, 5) is 21.8. The summed E-state index contributed by atoms with van der Waals surface area (Å²) in [6, 6.07) is 20.8. The molecular weight excluding hydrogens is 388 g/mol. The highest BCUT2D eigenvalue weighted by Gasteiger charge is 2.13. The molecule has 1 fully saturated rings. The first kappa shape index (κ1) is 20.9. The van der Waals surface area contributed by atoms with E-state index in [0.29, 0.717) is 17.9 Å². The third-order valence-corrected chi connectivity index (χ3v) is 5.40. The van der Waals surface area contributed by atoms with Gasteiger partial charge in [0.2, 0.25) is 0 Å². The third kappa shape index (κ3) is 5.83. The van der Waals surface area contributed by atoms with E-state index in [2.05, 4.69) is 27.1 Å². The zero-order chi connectivity index (χ0) is 21.5. The number of ether oxygens (including phenoxy) is 1. The van der Waals surface area contributed by atoms with Crippen molar-refractivity contribution < 1.29 is 9.53 Å². The molecule has 1 saturated heterocycles. The summed E-state index contributed by atoms with van der Waals surface area (Å²) in [6.07, 6.45) is 2.99. The minimum atomic E-state index is -0.120. The van der Waals surface area contributed by atoms with Gasteiger partial charge in [-0.2, -0.15) is 0 Å². The number of nitrogens with one attached hydrogen (secondary N) is 1. The molecule has 1 aromatic heterocycles. The topological polar surface area (TPSA) is 57.7 Å². The summed E-state index contributed by atoms with van der Waals surface area (Å²) in [5.74, 6) is 2.34. The van der Waals surface area contributed by atoms with Crippen LogP contribution in [0.4, 0.5) is 5.82 Å². The van der Waals surface area contributed by atoms with Gasteiger partial charge in [0.15, 0.2) is 0 Å². The SMILES string of the molecule is CN1CCCN(c2ccc(CNC(=O)c3ccc(Oc4ccccc4)cc3)cn2)CC1. The smallest absolute Gasteiger partial charge is 0.251 e. The van der Waals surface area contributed by atoms with Gasteiger partial charge in [0.25, 0.3) is 5.91 Å². The zero-order valence-electron chi connectivity index (χ0n) is 17.8. The van der Waals surface area contributed by atoms with Crippen LogP contribution in [0.5, 0.6) is 11.5 Å². The summed E-state index contributed by atoms with van der Waals surface area (Å²) >= 11 is 0. The second kappa shape index (κ2) is 10.1. The van der Waals surface area contributed by atoms with E-state index in [1.165, 1.54) is 0 Å². The number of pyridine rings is 1. The number of para-hydroxylation sites is 1. The first-order chi connectivity index (χ1) is 15.2. The Morgan fingerprint density at radius 3 is 2.45 bits per heavy atom. The Kier molecular flexibility index (Phi) is 6.79. The van der Waals surface area contributed by atoms with E-state index in [0.717, 1.165) is 49.7 Å². The van der Waals surface area contributed by atoms with Gasteiger partial charge < -0.3 is 19.9 Å². The van der Waals surface area contributed by atoms with Crippen LogP contribution in [0.3, 0.4) is 0 Å². The molecule has 0 atom stereocenters. The molecular formula is C25H28N4O2. The number of aromatic nitrogens is 1. The highest BCUT2D eigenvalue weighted by atomic mass is 16.5. The number of hydrogen-bond acceptors (Lipinski definition) is 5. The lowest BCUT2D eigenvalue weighted by molar-refractivity contribution is 0.0951. The van der Waals surface area contributed by atoms with Gasteiger partial charge in [-0.3, -0.25) is 4.79 Å². The van der Waals surface area contributed by atoms with Gasteiger partial charge in [-0.25, -0.2) is 4.98 Å². The molecule has 0 unspecified atom stereocenters. The molecule has 2 heterocycles. The summed E-state index contributed by atoms with van der Waals surface area (Å²) in [5, 5.41) is 2.96. The summed E-state index contributed by atoms with van der Waals surface area (Å²) in [6.45, 7) is 4.63. The van der Waals surface area contributed by atoms with E-state index < -0.39 is 0 Å². The molecule has 1 amide bonds. The molecule has 31 heavy (non-hydrogen) atoms. The van der Waals surface area contributed by atoms with Crippen molar-refractivity contribution >= 4 is 11.7 Å². The van der Waals surface area contributed by atoms with E-state index in [4.69, 9.17) is 4.74 Å². The first-order valence-corrected chi connectivity index (χ1v) is 10.7. The highest BCUT2D eigenvalue weighted by Crippen LogP contribution is 2.21. The molecule has 4 rings (SSSR count). The standard InChI is InChI=1S/C25H28N4O2/c1-28-14-5-15-29(17-16-28)24-13-8-20(18-26-24)19-27-25(30)21-9-11-23(12-10-21)31-22-6-3-2-4-7-22/h2-4,6-13,18H,5,14-17,19H2,1H3,(H,27,30). The molecule has 1 aliphatic heterocycles. The van der Waals surface area contributed by atoms with Gasteiger partial charge in [0.05, 0.1) is 0 Å². The van der Waals surface area contributed by atoms with Gasteiger partial charge >= 0.3 is 0 Å². The number of hydrogen-bond donors (Lipinski definition) is 1. The Labute approximate surface area is 183 Å². The maximum absolute atomic E-state index is 12.5. The second-order valence-corrected chi connectivity index (χ2v) is 7.79. The zero-order valence-corrected chi connectivity index (χ0v) is 17.8. The van der Waals surface area contributed by atoms with Gasteiger partial charge in [-0.1, -0.05) is 24.3 Å². The van der Waals surface area contributed by atoms with Crippen LogP contribution in [0.1, 0.15) is 22.3 Å². The lowest BCUT2D eigenvalue weighted by atomic mass is 10.2. The van der Waals surface area contributed by atoms with Crippen molar-refractivity contribution in [3.63, 3.8) is 0 Å². The van der Waals surface area contributed by atoms with Gasteiger partial charge in [-0.15, -0.1) is 0 Å². The maximum atomic E-state index is 12.5. The maximum Gasteiger partial charge on any atom is 0.251 e. The third-order valence-electron chi connectivity index (χ3n) is 5.40. The molecule has 0 spiro atoms. The molecule has 160 valence electrons. The van der Waals surface area contributed by atoms with E-state index >= 15 is 0 Å². The summed E-state index contributed by atoms with van der Waals surface area (Å²) in [5.41, 5.74) is 1.58. The van der Waals surface area contributed by atoms with Crippen LogP contribution in [0.25, 0.3) is 0 Å². The first-order valence-electron chi connectivity index (χ1n) is 10.7. The van der Waals surface area contributed by atoms with Crippen LogP contribution >= 0.6 is 0 Å². The number of nitrogens with zero attached hydrogens (tertiary/aromatic N) is 3. The van der Waals surface area contributed by atoms with Crippen LogP contribution in [0.2, 0.25) is 0 Å². The Morgan fingerprint density at radius 1 is 0.935 bits per heavy atom. The quantitative estimate of drug-likeness (QED) is 0.660. The number of likely N-dealkylation sites (N-methyl/N-ethyl adjacent to an activating group) is 1. The van der Waals surface area contributed by atoms with Gasteiger partial charge in [0.1, 0.15) is 17.3 Å². The fraction of sp³-hybridized carbons (Fsp3) is 0.280. The number of benzene rings is 2. The molecule has 2 aromatic carbocycles. The number of amides is 1.